The molecule has 1 aromatic carbocycles. The minimum atomic E-state index is -3.43. The zero-order valence-electron chi connectivity index (χ0n) is 8.60. The molecule has 0 N–H and O–H groups in total. The zero-order valence-corrected chi connectivity index (χ0v) is 9.41. The van der Waals surface area contributed by atoms with Crippen molar-refractivity contribution < 1.29 is 12.6 Å². The van der Waals surface area contributed by atoms with Crippen LogP contribution in [0.25, 0.3) is 0 Å². The molecule has 0 heterocycles. The lowest BCUT2D eigenvalue weighted by molar-refractivity contribution is 0.286. The monoisotopic (exact) mass is 224 g/mol. The van der Waals surface area contributed by atoms with E-state index in [4.69, 9.17) is 0 Å². The molecular formula is C11H12O3S. The molecule has 0 bridgehead atoms. The van der Waals surface area contributed by atoms with Crippen molar-refractivity contribution in [2.45, 2.75) is 13.0 Å². The summed E-state index contributed by atoms with van der Waals surface area (Å²) >= 11 is 0. The highest BCUT2D eigenvalue weighted by molar-refractivity contribution is 7.86. The fourth-order valence-electron chi connectivity index (χ4n) is 0.993. The van der Waals surface area contributed by atoms with Gasteiger partial charge in [0.15, 0.2) is 0 Å². The van der Waals surface area contributed by atoms with Gasteiger partial charge in [0.25, 0.3) is 10.1 Å². The molecule has 80 valence electrons. The first kappa shape index (κ1) is 11.8. The Balaban J connectivity index is 2.67. The zero-order chi connectivity index (χ0) is 11.3. The maximum absolute atomic E-state index is 10.8. The second-order valence-electron chi connectivity index (χ2n) is 3.08. The molecule has 1 unspecified atom stereocenters. The van der Waals surface area contributed by atoms with Crippen LogP contribution in [0.15, 0.2) is 30.3 Å². The Morgan fingerprint density at radius 2 is 1.87 bits per heavy atom. The third kappa shape index (κ3) is 5.21. The Morgan fingerprint density at radius 1 is 1.27 bits per heavy atom. The van der Waals surface area contributed by atoms with Crippen molar-refractivity contribution >= 4 is 10.1 Å². The molecular weight excluding hydrogens is 212 g/mol. The second kappa shape index (κ2) is 4.96. The van der Waals surface area contributed by atoms with E-state index in [0.717, 1.165) is 11.8 Å². The first-order chi connectivity index (χ1) is 6.97. The van der Waals surface area contributed by atoms with Crippen molar-refractivity contribution in [1.29, 1.82) is 0 Å². The van der Waals surface area contributed by atoms with Gasteiger partial charge in [0, 0.05) is 5.56 Å². The van der Waals surface area contributed by atoms with E-state index in [0.29, 0.717) is 0 Å². The first-order valence-electron chi connectivity index (χ1n) is 4.42. The van der Waals surface area contributed by atoms with Gasteiger partial charge in [-0.05, 0) is 19.1 Å². The number of benzene rings is 1. The van der Waals surface area contributed by atoms with Gasteiger partial charge in [0.1, 0.15) is 6.10 Å². The first-order valence-corrected chi connectivity index (χ1v) is 6.24. The van der Waals surface area contributed by atoms with E-state index in [2.05, 4.69) is 16.0 Å². The van der Waals surface area contributed by atoms with Crippen LogP contribution in [0.5, 0.6) is 0 Å². The third-order valence-corrected chi connectivity index (χ3v) is 2.15. The van der Waals surface area contributed by atoms with Crippen molar-refractivity contribution in [3.8, 4) is 11.8 Å². The molecule has 0 saturated heterocycles. The summed E-state index contributed by atoms with van der Waals surface area (Å²) in [7, 11) is -3.43. The van der Waals surface area contributed by atoms with Crippen LogP contribution in [0, 0.1) is 11.8 Å². The summed E-state index contributed by atoms with van der Waals surface area (Å²) in [6.07, 6.45) is 0.383. The number of hydrogen-bond donors (Lipinski definition) is 0. The molecule has 1 atom stereocenters. The van der Waals surface area contributed by atoms with E-state index in [1.165, 1.54) is 0 Å². The van der Waals surface area contributed by atoms with Gasteiger partial charge in [-0.1, -0.05) is 30.0 Å². The largest absolute Gasteiger partial charge is 0.265 e. The van der Waals surface area contributed by atoms with Crippen LogP contribution in [0.2, 0.25) is 0 Å². The molecule has 15 heavy (non-hydrogen) atoms. The molecule has 1 rings (SSSR count). The second-order valence-corrected chi connectivity index (χ2v) is 4.68. The maximum Gasteiger partial charge on any atom is 0.265 e. The normalized spacial score (nSPS) is 12.7. The van der Waals surface area contributed by atoms with E-state index in [1.807, 2.05) is 30.3 Å². The quantitative estimate of drug-likeness (QED) is 0.563. The molecule has 0 aromatic heterocycles. The third-order valence-electron chi connectivity index (χ3n) is 1.51. The lowest BCUT2D eigenvalue weighted by atomic mass is 10.2. The van der Waals surface area contributed by atoms with Crippen molar-refractivity contribution in [1.82, 2.24) is 0 Å². The molecule has 0 amide bonds. The summed E-state index contributed by atoms with van der Waals surface area (Å²) in [6, 6.07) is 9.32. The van der Waals surface area contributed by atoms with Crippen LogP contribution in [-0.2, 0) is 14.3 Å². The van der Waals surface area contributed by atoms with Gasteiger partial charge < -0.3 is 0 Å². The molecule has 0 aliphatic heterocycles. The summed E-state index contributed by atoms with van der Waals surface area (Å²) < 4.78 is 26.2. The summed E-state index contributed by atoms with van der Waals surface area (Å²) in [5, 5.41) is 0. The van der Waals surface area contributed by atoms with Gasteiger partial charge >= 0.3 is 0 Å². The smallest absolute Gasteiger partial charge is 0.254 e. The average Bonchev–Trinajstić information content (AvgIpc) is 2.14. The minimum Gasteiger partial charge on any atom is -0.254 e. The summed E-state index contributed by atoms with van der Waals surface area (Å²) in [4.78, 5) is 0. The predicted octanol–water partition coefficient (Wildman–Crippen LogP) is 1.40. The van der Waals surface area contributed by atoms with Crippen molar-refractivity contribution in [3.05, 3.63) is 35.9 Å². The van der Waals surface area contributed by atoms with E-state index < -0.39 is 16.2 Å². The molecule has 1 aromatic rings. The average molecular weight is 224 g/mol. The summed E-state index contributed by atoms with van der Waals surface area (Å²) in [5.74, 6) is 5.53. The minimum absolute atomic E-state index is 0.625. The highest BCUT2D eigenvalue weighted by atomic mass is 32.2. The van der Waals surface area contributed by atoms with E-state index in [-0.39, 0.29) is 0 Å². The molecule has 4 heteroatoms. The van der Waals surface area contributed by atoms with Gasteiger partial charge in [-0.25, -0.2) is 0 Å². The van der Waals surface area contributed by atoms with Crippen molar-refractivity contribution in [2.75, 3.05) is 6.26 Å². The fourth-order valence-corrected chi connectivity index (χ4v) is 1.57. The van der Waals surface area contributed by atoms with Crippen LogP contribution in [0.3, 0.4) is 0 Å². The summed E-state index contributed by atoms with van der Waals surface area (Å²) in [5.41, 5.74) is 0.835. The molecule has 0 aliphatic rings. The molecule has 0 saturated carbocycles. The van der Waals surface area contributed by atoms with Crippen molar-refractivity contribution in [3.63, 3.8) is 0 Å². The molecule has 0 fully saturated rings. The Labute approximate surface area is 90.2 Å². The molecule has 3 nitrogen and oxygen atoms in total. The number of rotatable bonds is 2. The van der Waals surface area contributed by atoms with Gasteiger partial charge in [0.2, 0.25) is 0 Å². The fraction of sp³-hybridized carbons (Fsp3) is 0.273. The Kier molecular flexibility index (Phi) is 3.89. The Hall–Kier alpha value is -1.31. The van der Waals surface area contributed by atoms with E-state index in [1.54, 1.807) is 6.92 Å². The molecule has 0 aliphatic carbocycles. The Bertz CT molecular complexity index is 466. The highest BCUT2D eigenvalue weighted by Gasteiger charge is 2.06. The standard InChI is InChI=1S/C11H12O3S/c1-10(14-15(2,12)13)8-9-11-6-4-3-5-7-11/h3-7,10H,1-2H3. The maximum atomic E-state index is 10.8. The molecule has 0 radical (unpaired) electrons. The Morgan fingerprint density at radius 3 is 2.40 bits per heavy atom. The van der Waals surface area contributed by atoms with E-state index >= 15 is 0 Å². The topological polar surface area (TPSA) is 43.4 Å². The van der Waals surface area contributed by atoms with Crippen LogP contribution in [0.4, 0.5) is 0 Å². The lowest BCUT2D eigenvalue weighted by Gasteiger charge is -2.02. The van der Waals surface area contributed by atoms with Gasteiger partial charge in [-0.2, -0.15) is 8.42 Å². The van der Waals surface area contributed by atoms with Crippen LogP contribution < -0.4 is 0 Å². The van der Waals surface area contributed by atoms with Gasteiger partial charge in [-0.15, -0.1) is 0 Å². The summed E-state index contributed by atoms with van der Waals surface area (Å²) in [6.45, 7) is 1.59. The molecule has 0 spiro atoms. The van der Waals surface area contributed by atoms with E-state index in [9.17, 15) is 8.42 Å². The van der Waals surface area contributed by atoms with Gasteiger partial charge in [0.05, 0.1) is 6.26 Å². The van der Waals surface area contributed by atoms with Crippen LogP contribution in [-0.4, -0.2) is 20.8 Å². The lowest BCUT2D eigenvalue weighted by Crippen LogP contribution is -2.11. The highest BCUT2D eigenvalue weighted by Crippen LogP contribution is 1.98. The predicted molar refractivity (Wildman–Crippen MR) is 58.7 cm³/mol. The van der Waals surface area contributed by atoms with Crippen LogP contribution in [0.1, 0.15) is 12.5 Å². The van der Waals surface area contributed by atoms with Crippen LogP contribution >= 0.6 is 0 Å². The van der Waals surface area contributed by atoms with Gasteiger partial charge in [-0.3, -0.25) is 4.18 Å². The van der Waals surface area contributed by atoms with Crippen molar-refractivity contribution in [2.24, 2.45) is 0 Å². The number of hydrogen-bond acceptors (Lipinski definition) is 3. The SMILES string of the molecule is CC(C#Cc1ccccc1)OS(C)(=O)=O.